The van der Waals surface area contributed by atoms with Crippen LogP contribution in [0, 0.1) is 11.8 Å². The van der Waals surface area contributed by atoms with Crippen LogP contribution >= 0.6 is 0 Å². The Kier molecular flexibility index (Phi) is 9.78. The maximum Gasteiger partial charge on any atom is 0.414 e. The second-order valence-electron chi connectivity index (χ2n) is 14.7. The van der Waals surface area contributed by atoms with E-state index >= 15 is 0 Å². The van der Waals surface area contributed by atoms with Crippen LogP contribution in [0.25, 0.3) is 33.8 Å². The number of ketones is 2. The fourth-order valence-electron chi connectivity index (χ4n) is 6.00. The smallest absolute Gasteiger partial charge is 0.414 e. The minimum absolute atomic E-state index is 0.200. The number of ether oxygens (including phenoxy) is 1. The molecule has 53 heavy (non-hydrogen) atoms. The lowest BCUT2D eigenvalue weighted by Crippen LogP contribution is -2.34. The first kappa shape index (κ1) is 35.5. The molecule has 2 aliphatic rings. The maximum absolute atomic E-state index is 12.3. The molecule has 272 valence electrons. The Balaban J connectivity index is 0.000000170. The van der Waals surface area contributed by atoms with E-state index in [2.05, 4.69) is 37.6 Å². The van der Waals surface area contributed by atoms with Crippen molar-refractivity contribution < 1.29 is 19.1 Å². The summed E-state index contributed by atoms with van der Waals surface area (Å²) in [5.41, 5.74) is 6.59. The van der Waals surface area contributed by atoms with E-state index in [0.717, 1.165) is 65.2 Å². The van der Waals surface area contributed by atoms with Gasteiger partial charge in [-0.25, -0.2) is 23.8 Å². The lowest BCUT2D eigenvalue weighted by Gasteiger charge is -2.24. The lowest BCUT2D eigenvalue weighted by atomic mass is 10.1. The van der Waals surface area contributed by atoms with Gasteiger partial charge in [0.25, 0.3) is 0 Å². The number of fused-ring (bicyclic) bond motifs is 2. The van der Waals surface area contributed by atoms with E-state index < -0.39 is 11.7 Å². The molecule has 0 unspecified atom stereocenters. The largest absolute Gasteiger partial charge is 0.443 e. The van der Waals surface area contributed by atoms with Gasteiger partial charge < -0.3 is 10.1 Å². The van der Waals surface area contributed by atoms with Crippen molar-refractivity contribution in [1.29, 1.82) is 0 Å². The van der Waals surface area contributed by atoms with Crippen LogP contribution in [0.15, 0.2) is 84.9 Å². The molecule has 0 radical (unpaired) electrons. The molecule has 8 rings (SSSR count). The monoisotopic (exact) mass is 712 g/mol. The molecular weight excluding hydrogens is 669 g/mol. The van der Waals surface area contributed by atoms with Crippen molar-refractivity contribution in [3.63, 3.8) is 0 Å². The van der Waals surface area contributed by atoms with Gasteiger partial charge in [-0.3, -0.25) is 14.5 Å². The van der Waals surface area contributed by atoms with Gasteiger partial charge in [-0.1, -0.05) is 36.4 Å². The summed E-state index contributed by atoms with van der Waals surface area (Å²) in [4.78, 5) is 46.9. The van der Waals surface area contributed by atoms with Crippen molar-refractivity contribution >= 4 is 40.3 Å². The summed E-state index contributed by atoms with van der Waals surface area (Å²) in [5.74, 6) is 2.10. The highest BCUT2D eigenvalue weighted by Crippen LogP contribution is 2.32. The number of pyridine rings is 2. The quantitative estimate of drug-likeness (QED) is 0.156. The van der Waals surface area contributed by atoms with Gasteiger partial charge in [0.2, 0.25) is 0 Å². The molecule has 0 aliphatic heterocycles. The maximum atomic E-state index is 12.3. The molecule has 2 aliphatic carbocycles. The number of carbonyl (C=O) groups excluding carboxylic acids is 3. The Morgan fingerprint density at radius 2 is 1.17 bits per heavy atom. The molecule has 2 fully saturated rings. The molecule has 2 saturated carbocycles. The zero-order valence-corrected chi connectivity index (χ0v) is 30.7. The highest BCUT2D eigenvalue weighted by atomic mass is 16.6. The van der Waals surface area contributed by atoms with Gasteiger partial charge in [0.15, 0.2) is 22.9 Å². The Bertz CT molecular complexity index is 2280. The molecule has 2 aromatic carbocycles. The van der Waals surface area contributed by atoms with Crippen molar-refractivity contribution in [3.05, 3.63) is 96.6 Å². The number of nitrogens with zero attached hydrogens (tertiary/aromatic N) is 7. The second kappa shape index (κ2) is 14.6. The van der Waals surface area contributed by atoms with Crippen molar-refractivity contribution in [1.82, 2.24) is 29.2 Å². The molecule has 0 bridgehead atoms. The van der Waals surface area contributed by atoms with Crippen molar-refractivity contribution in [2.24, 2.45) is 11.8 Å². The SMILES string of the molecule is CN(C(=O)OC(C)(C)C)c1ccc(-c2cccc3nc(CC(=O)C4CC4)nn23)cc1.CNc1ccc(-c2cccc3nc(CC(=O)C4CC4)nn23)cc1. The minimum atomic E-state index is -0.549. The predicted molar refractivity (Wildman–Crippen MR) is 204 cm³/mol. The fourth-order valence-corrected chi connectivity index (χ4v) is 6.00. The third-order valence-electron chi connectivity index (χ3n) is 9.22. The fraction of sp³-hybridized carbons (Fsp3) is 0.341. The Hall–Kier alpha value is -5.91. The molecule has 4 aromatic heterocycles. The standard InChI is InChI=1S/C23H26N4O3.C18H18N4O/c1-23(2,3)30-22(29)26(4)17-12-10-15(11-13-17)18-6-5-7-21-24-20(25-27(18)21)14-19(28)16-8-9-16;1-19-14-9-7-12(8-10-14)15-3-2-4-18-20-17(21-22(15)18)11-16(23)13-5-6-13/h5-7,10-13,16H,8-9,14H2,1-4H3;2-4,7-10,13,19H,5-6,11H2,1H3. The molecule has 1 amide bonds. The number of hydrogen-bond donors (Lipinski definition) is 1. The van der Waals surface area contributed by atoms with Crippen molar-refractivity contribution in [2.45, 2.75) is 64.9 Å². The minimum Gasteiger partial charge on any atom is -0.443 e. The summed E-state index contributed by atoms with van der Waals surface area (Å²) in [6, 6.07) is 27.4. The van der Waals surface area contributed by atoms with E-state index in [1.807, 2.05) is 105 Å². The Labute approximate surface area is 308 Å². The molecule has 0 saturated heterocycles. The molecule has 12 heteroatoms. The number of aromatic nitrogens is 6. The van der Waals surface area contributed by atoms with Gasteiger partial charge in [0, 0.05) is 48.4 Å². The average Bonchev–Trinajstić information content (AvgIpc) is 4.08. The van der Waals surface area contributed by atoms with Crippen LogP contribution in [0.5, 0.6) is 0 Å². The Morgan fingerprint density at radius 3 is 1.58 bits per heavy atom. The van der Waals surface area contributed by atoms with E-state index in [-0.39, 0.29) is 29.8 Å². The van der Waals surface area contributed by atoms with E-state index in [1.165, 1.54) is 4.90 Å². The molecule has 6 aromatic rings. The molecule has 4 heterocycles. The summed E-state index contributed by atoms with van der Waals surface area (Å²) in [7, 11) is 3.58. The number of carbonyl (C=O) groups is 3. The number of Topliss-reactive ketones (excluding diaryl/α,β-unsaturated/α-hetero) is 2. The van der Waals surface area contributed by atoms with Gasteiger partial charge >= 0.3 is 6.09 Å². The van der Waals surface area contributed by atoms with Gasteiger partial charge in [0.05, 0.1) is 24.2 Å². The summed E-state index contributed by atoms with van der Waals surface area (Å²) in [6.07, 6.45) is 4.24. The summed E-state index contributed by atoms with van der Waals surface area (Å²) < 4.78 is 9.01. The molecule has 0 atom stereocenters. The van der Waals surface area contributed by atoms with E-state index in [1.54, 1.807) is 11.6 Å². The van der Waals surface area contributed by atoms with Crippen molar-refractivity contribution in [2.75, 3.05) is 24.3 Å². The zero-order valence-electron chi connectivity index (χ0n) is 30.7. The van der Waals surface area contributed by atoms with Crippen LogP contribution < -0.4 is 10.2 Å². The lowest BCUT2D eigenvalue weighted by molar-refractivity contribution is -0.120. The third kappa shape index (κ3) is 8.43. The van der Waals surface area contributed by atoms with Gasteiger partial charge in [0.1, 0.15) is 17.2 Å². The number of amides is 1. The topological polar surface area (TPSA) is 136 Å². The third-order valence-corrected chi connectivity index (χ3v) is 9.22. The summed E-state index contributed by atoms with van der Waals surface area (Å²) in [6.45, 7) is 5.52. The molecular formula is C41H44N8O4. The van der Waals surface area contributed by atoms with Crippen LogP contribution in [0.1, 0.15) is 58.1 Å². The Morgan fingerprint density at radius 1 is 0.717 bits per heavy atom. The number of nitrogens with one attached hydrogen (secondary N) is 1. The van der Waals surface area contributed by atoms with Gasteiger partial charge in [-0.2, -0.15) is 10.2 Å². The van der Waals surface area contributed by atoms with Crippen LogP contribution in [-0.4, -0.2) is 66.6 Å². The highest BCUT2D eigenvalue weighted by molar-refractivity contribution is 5.88. The highest BCUT2D eigenvalue weighted by Gasteiger charge is 2.31. The number of benzene rings is 2. The van der Waals surface area contributed by atoms with Crippen LogP contribution in [0.2, 0.25) is 0 Å². The predicted octanol–water partition coefficient (Wildman–Crippen LogP) is 7.25. The van der Waals surface area contributed by atoms with E-state index in [9.17, 15) is 14.4 Å². The second-order valence-corrected chi connectivity index (χ2v) is 14.7. The van der Waals surface area contributed by atoms with Crippen LogP contribution in [0.4, 0.5) is 16.2 Å². The average molecular weight is 713 g/mol. The van der Waals surface area contributed by atoms with Gasteiger partial charge in [-0.05, 0) is 95.0 Å². The molecule has 0 spiro atoms. The summed E-state index contributed by atoms with van der Waals surface area (Å²) >= 11 is 0. The first-order valence-corrected chi connectivity index (χ1v) is 18.1. The van der Waals surface area contributed by atoms with Crippen LogP contribution in [0.3, 0.4) is 0 Å². The van der Waals surface area contributed by atoms with Gasteiger partial charge in [-0.15, -0.1) is 0 Å². The zero-order chi connectivity index (χ0) is 37.3. The van der Waals surface area contributed by atoms with Crippen LogP contribution in [-0.2, 0) is 27.2 Å². The van der Waals surface area contributed by atoms with Crippen molar-refractivity contribution in [3.8, 4) is 22.5 Å². The van der Waals surface area contributed by atoms with E-state index in [4.69, 9.17) is 4.74 Å². The molecule has 12 nitrogen and oxygen atoms in total. The number of rotatable bonds is 10. The van der Waals surface area contributed by atoms with E-state index in [0.29, 0.717) is 23.7 Å². The normalized spacial score (nSPS) is 14.1. The number of anilines is 2. The first-order valence-electron chi connectivity index (χ1n) is 18.1. The molecule has 1 N–H and O–H groups in total. The number of hydrogen-bond acceptors (Lipinski definition) is 9. The first-order chi connectivity index (χ1) is 25.5. The summed E-state index contributed by atoms with van der Waals surface area (Å²) in [5, 5.41) is 12.2.